The number of hydrogen-bond donors (Lipinski definition) is 10. The smallest absolute Gasteiger partial charge is 0.507 e. The molecule has 0 spiro atoms. The van der Waals surface area contributed by atoms with Crippen LogP contribution in [-0.4, -0.2) is 60.8 Å². The van der Waals surface area contributed by atoms with Gasteiger partial charge in [-0.1, -0.05) is 24.3 Å². The summed E-state index contributed by atoms with van der Waals surface area (Å²) < 4.78 is 0. The first kappa shape index (κ1) is 36.5. The van der Waals surface area contributed by atoms with Gasteiger partial charge in [-0.05, 0) is 97.1 Å². The molecular formula is C44H30N4O8Zn+2. The number of H-pyrrole nitrogens is 2. The van der Waals surface area contributed by atoms with Crippen LogP contribution in [0.5, 0.6) is 46.0 Å². The van der Waals surface area contributed by atoms with E-state index < -0.39 is 0 Å². The van der Waals surface area contributed by atoms with Gasteiger partial charge in [0.2, 0.25) is 0 Å². The standard InChI is InChI=1S/C44H30N4O8.Zn/c49-29-5-1-6-30(50)41(29)37-21-13-15-23(45-21)38(42-31(51)7-2-8-32(42)52)25-17-19-27(47-25)40(44-35(55)11-4-12-36(44)56)28-20-18-26(48-28)39(24-16-14-22(37)46-24)43-33(53)9-3-10-34(43)54;/h1-20,45,48-56H;/q;+2. The Bertz CT molecular complexity index is 2560. The van der Waals surface area contributed by atoms with Gasteiger partial charge in [0.1, 0.15) is 46.0 Å². The normalized spacial score (nSPS) is 11.8. The average molecular weight is 808 g/mol. The fourth-order valence-electron chi connectivity index (χ4n) is 7.40. The first-order valence-electron chi connectivity index (χ1n) is 17.3. The predicted molar refractivity (Wildman–Crippen MR) is 214 cm³/mol. The molecule has 0 aliphatic carbocycles. The second-order valence-corrected chi connectivity index (χ2v) is 13.2. The molecule has 0 atom stereocenters. The van der Waals surface area contributed by atoms with Crippen LogP contribution >= 0.6 is 0 Å². The van der Waals surface area contributed by atoms with Gasteiger partial charge in [-0.25, -0.2) is 9.97 Å². The van der Waals surface area contributed by atoms with Crippen molar-refractivity contribution in [2.75, 3.05) is 0 Å². The van der Waals surface area contributed by atoms with Crippen molar-refractivity contribution in [1.82, 2.24) is 19.9 Å². The van der Waals surface area contributed by atoms with Gasteiger partial charge in [-0.3, -0.25) is 0 Å². The molecule has 12 nitrogen and oxygen atoms in total. The van der Waals surface area contributed by atoms with E-state index in [9.17, 15) is 40.9 Å². The van der Waals surface area contributed by atoms with Crippen LogP contribution in [0.3, 0.4) is 0 Å². The summed E-state index contributed by atoms with van der Waals surface area (Å²) in [5.74, 6) is -1.95. The van der Waals surface area contributed by atoms with E-state index in [1.54, 1.807) is 48.6 Å². The first-order chi connectivity index (χ1) is 27.1. The molecule has 0 fully saturated rings. The summed E-state index contributed by atoms with van der Waals surface area (Å²) >= 11 is 0. The van der Waals surface area contributed by atoms with Crippen molar-refractivity contribution in [2.24, 2.45) is 0 Å². The second kappa shape index (κ2) is 14.0. The van der Waals surface area contributed by atoms with Crippen LogP contribution in [0.1, 0.15) is 22.8 Å². The van der Waals surface area contributed by atoms with Crippen LogP contribution in [0.25, 0.3) is 90.9 Å². The van der Waals surface area contributed by atoms with Gasteiger partial charge < -0.3 is 50.8 Å². The van der Waals surface area contributed by atoms with Gasteiger partial charge in [0.05, 0.1) is 45.0 Å². The molecule has 10 N–H and O–H groups in total. The number of hydrogen-bond acceptors (Lipinski definition) is 10. The Kier molecular flexibility index (Phi) is 8.94. The van der Waals surface area contributed by atoms with Crippen molar-refractivity contribution >= 4 is 46.4 Å². The molecule has 0 saturated heterocycles. The van der Waals surface area contributed by atoms with E-state index >= 15 is 0 Å². The van der Waals surface area contributed by atoms with Gasteiger partial charge in [0.25, 0.3) is 0 Å². The Morgan fingerprint density at radius 3 is 0.667 bits per heavy atom. The molecule has 3 aromatic heterocycles. The summed E-state index contributed by atoms with van der Waals surface area (Å²) in [5, 5.41) is 89.6. The molecule has 0 unspecified atom stereocenters. The summed E-state index contributed by atoms with van der Waals surface area (Å²) in [6.07, 6.45) is 6.66. The van der Waals surface area contributed by atoms with E-state index in [4.69, 9.17) is 9.97 Å². The third-order valence-corrected chi connectivity index (χ3v) is 9.84. The number of phenols is 8. The molecule has 2 aliphatic rings. The number of aromatic hydroxyl groups is 8. The summed E-state index contributed by atoms with van der Waals surface area (Å²) in [6, 6.07) is 24.2. The number of rotatable bonds is 4. The molecule has 0 amide bonds. The van der Waals surface area contributed by atoms with E-state index in [-0.39, 0.29) is 133 Å². The maximum Gasteiger partial charge on any atom is 2.00 e. The van der Waals surface area contributed by atoms with Crippen LogP contribution in [0.2, 0.25) is 0 Å². The van der Waals surface area contributed by atoms with Crippen LogP contribution in [0.15, 0.2) is 97.1 Å². The van der Waals surface area contributed by atoms with Crippen LogP contribution in [0.4, 0.5) is 0 Å². The van der Waals surface area contributed by atoms with Gasteiger partial charge >= 0.3 is 19.5 Å². The second-order valence-electron chi connectivity index (χ2n) is 13.2. The Morgan fingerprint density at radius 1 is 0.281 bits per heavy atom. The zero-order chi connectivity index (χ0) is 38.8. The first-order valence-corrected chi connectivity index (χ1v) is 17.3. The molecule has 0 saturated carbocycles. The van der Waals surface area contributed by atoms with Gasteiger partial charge in [-0.2, -0.15) is 0 Å². The number of benzene rings is 4. The van der Waals surface area contributed by atoms with Gasteiger partial charge in [0.15, 0.2) is 0 Å². The molecule has 0 radical (unpaired) electrons. The Labute approximate surface area is 335 Å². The Hall–Kier alpha value is -7.50. The third kappa shape index (κ3) is 5.97. The van der Waals surface area contributed by atoms with Gasteiger partial charge in [0, 0.05) is 44.3 Å². The molecular weight excluding hydrogens is 778 g/mol. The summed E-state index contributed by atoms with van der Waals surface area (Å²) in [6.45, 7) is 0. The van der Waals surface area contributed by atoms with Crippen LogP contribution in [0, 0.1) is 0 Å². The fourth-order valence-corrected chi connectivity index (χ4v) is 7.40. The minimum atomic E-state index is -0.243. The predicted octanol–water partition coefficient (Wildman–Crippen LogP) is 8.97. The van der Waals surface area contributed by atoms with E-state index in [2.05, 4.69) is 9.97 Å². The monoisotopic (exact) mass is 806 g/mol. The topological polar surface area (TPSA) is 219 Å². The van der Waals surface area contributed by atoms with E-state index in [0.717, 1.165) is 0 Å². The Morgan fingerprint density at radius 2 is 0.474 bits per heavy atom. The van der Waals surface area contributed by atoms with Crippen LogP contribution < -0.4 is 0 Å². The van der Waals surface area contributed by atoms with Crippen molar-refractivity contribution < 1.29 is 60.3 Å². The molecule has 7 aromatic rings. The summed E-state index contributed by atoms with van der Waals surface area (Å²) in [7, 11) is 0. The SMILES string of the molecule is Oc1cccc(O)c1-c1c2nc(c(-c3c(O)cccc3O)c3ccc([nH]3)c(-c3c(O)cccc3O)c3nc(c(-c4c(O)cccc4O)c4ccc1[nH]4)C=C3)C=C2.[Zn+2]. The number of aromatic amines is 2. The van der Waals surface area contributed by atoms with Crippen molar-refractivity contribution in [3.05, 3.63) is 120 Å². The molecule has 8 bridgehead atoms. The minimum Gasteiger partial charge on any atom is -0.507 e. The maximum atomic E-state index is 11.2. The quantitative estimate of drug-likeness (QED) is 0.0761. The van der Waals surface area contributed by atoms with Crippen LogP contribution in [-0.2, 0) is 19.5 Å². The van der Waals surface area contributed by atoms with Crippen molar-refractivity contribution in [1.29, 1.82) is 0 Å². The Balaban J connectivity index is 0.00000455. The number of fused-ring (bicyclic) bond motifs is 8. The number of aromatic nitrogens is 4. The maximum absolute atomic E-state index is 11.2. The molecule has 9 rings (SSSR count). The zero-order valence-corrected chi connectivity index (χ0v) is 32.7. The van der Waals surface area contributed by atoms with Crippen molar-refractivity contribution in [3.8, 4) is 90.5 Å². The average Bonchev–Trinajstić information content (AvgIpc) is 4.00. The largest absolute Gasteiger partial charge is 2.00 e. The fraction of sp³-hybridized carbons (Fsp3) is 0. The summed E-state index contributed by atoms with van der Waals surface area (Å²) in [5.41, 5.74) is 3.95. The minimum absolute atomic E-state index is 0. The van der Waals surface area contributed by atoms with E-state index in [0.29, 0.717) is 22.1 Å². The van der Waals surface area contributed by atoms with Gasteiger partial charge in [-0.15, -0.1) is 0 Å². The third-order valence-electron chi connectivity index (χ3n) is 9.84. The molecule has 5 heterocycles. The molecule has 274 valence electrons. The van der Waals surface area contributed by atoms with Crippen molar-refractivity contribution in [2.45, 2.75) is 0 Å². The number of phenolic OH excluding ortho intramolecular Hbond substituents is 8. The molecule has 13 heteroatoms. The molecule has 57 heavy (non-hydrogen) atoms. The van der Waals surface area contributed by atoms with E-state index in [1.807, 2.05) is 0 Å². The molecule has 4 aromatic carbocycles. The zero-order valence-electron chi connectivity index (χ0n) is 29.7. The van der Waals surface area contributed by atoms with E-state index in [1.165, 1.54) is 72.8 Å². The summed E-state index contributed by atoms with van der Waals surface area (Å²) in [4.78, 5) is 16.6. The number of nitrogens with one attached hydrogen (secondary N) is 2. The number of nitrogens with zero attached hydrogens (tertiary/aromatic N) is 2. The van der Waals surface area contributed by atoms with Crippen molar-refractivity contribution in [3.63, 3.8) is 0 Å². The molecule has 2 aliphatic heterocycles.